The molecule has 0 unspecified atom stereocenters. The van der Waals surface area contributed by atoms with Crippen LogP contribution in [0.4, 0.5) is 0 Å². The van der Waals surface area contributed by atoms with Gasteiger partial charge < -0.3 is 24.0 Å². The van der Waals surface area contributed by atoms with E-state index in [0.717, 1.165) is 6.07 Å². The molecule has 0 amide bonds. The Bertz CT molecular complexity index is 1160. The van der Waals surface area contributed by atoms with Gasteiger partial charge in [0.25, 0.3) is 5.56 Å². The van der Waals surface area contributed by atoms with E-state index in [4.69, 9.17) is 13.9 Å². The number of aromatic nitrogens is 1. The van der Waals surface area contributed by atoms with Gasteiger partial charge in [0.2, 0.25) is 11.2 Å². The number of H-pyrrole nitrogens is 1. The molecule has 0 aliphatic heterocycles. The zero-order valence-corrected chi connectivity index (χ0v) is 15.6. The van der Waals surface area contributed by atoms with Crippen LogP contribution in [0.2, 0.25) is 0 Å². The number of carbonyl (C=O) groups excluding carboxylic acids is 1. The van der Waals surface area contributed by atoms with Gasteiger partial charge in [-0.2, -0.15) is 0 Å². The van der Waals surface area contributed by atoms with Gasteiger partial charge in [-0.05, 0) is 31.2 Å². The lowest BCUT2D eigenvalue weighted by Gasteiger charge is -2.17. The molecular formula is C20H19NO7. The molecule has 0 radical (unpaired) electrons. The Morgan fingerprint density at radius 3 is 2.64 bits per heavy atom. The minimum atomic E-state index is -1.01. The Hall–Kier alpha value is -3.55. The monoisotopic (exact) mass is 385 g/mol. The molecular weight excluding hydrogens is 366 g/mol. The number of methoxy groups -OCH3 is 2. The van der Waals surface area contributed by atoms with Gasteiger partial charge in [-0.1, -0.05) is 0 Å². The molecule has 8 heteroatoms. The predicted molar refractivity (Wildman–Crippen MR) is 101 cm³/mol. The number of nitrogens with one attached hydrogen (secondary N) is 1. The largest absolute Gasteiger partial charge is 0.502 e. The van der Waals surface area contributed by atoms with Gasteiger partial charge >= 0.3 is 5.97 Å². The van der Waals surface area contributed by atoms with E-state index in [2.05, 4.69) is 4.98 Å². The maximum absolute atomic E-state index is 12.7. The highest BCUT2D eigenvalue weighted by Crippen LogP contribution is 2.33. The van der Waals surface area contributed by atoms with Crippen LogP contribution in [0.1, 0.15) is 29.4 Å². The lowest BCUT2D eigenvalue weighted by molar-refractivity contribution is -0.140. The summed E-state index contributed by atoms with van der Waals surface area (Å²) in [6.45, 7) is 1.54. The van der Waals surface area contributed by atoms with Crippen LogP contribution in [0.3, 0.4) is 0 Å². The summed E-state index contributed by atoms with van der Waals surface area (Å²) in [5, 5.41) is 10.9. The van der Waals surface area contributed by atoms with E-state index in [9.17, 15) is 19.5 Å². The molecule has 0 aliphatic carbocycles. The van der Waals surface area contributed by atoms with Gasteiger partial charge in [-0.3, -0.25) is 14.4 Å². The molecule has 0 spiro atoms. The summed E-state index contributed by atoms with van der Waals surface area (Å²) in [7, 11) is 2.73. The van der Waals surface area contributed by atoms with Gasteiger partial charge in [-0.25, -0.2) is 0 Å². The number of benzene rings is 1. The molecule has 1 atom stereocenters. The van der Waals surface area contributed by atoms with Crippen molar-refractivity contribution in [2.45, 2.75) is 19.3 Å². The van der Waals surface area contributed by atoms with Crippen LogP contribution in [0.5, 0.6) is 11.5 Å². The number of hydrogen-bond donors (Lipinski definition) is 2. The second-order valence-corrected chi connectivity index (χ2v) is 6.27. The SMILES string of the molecule is COC(=O)C[C@@H](c1oc(C)cc(=O)c1O)c1cc2cc(OC)ccc2[nH]c1=O. The molecule has 0 saturated carbocycles. The molecule has 0 saturated heterocycles. The van der Waals surface area contributed by atoms with E-state index in [1.165, 1.54) is 21.1 Å². The van der Waals surface area contributed by atoms with Gasteiger partial charge in [0.15, 0.2) is 5.76 Å². The van der Waals surface area contributed by atoms with Crippen molar-refractivity contribution in [3.05, 3.63) is 68.0 Å². The van der Waals surface area contributed by atoms with Crippen molar-refractivity contribution < 1.29 is 23.8 Å². The Morgan fingerprint density at radius 2 is 1.96 bits per heavy atom. The summed E-state index contributed by atoms with van der Waals surface area (Å²) in [5.41, 5.74) is -0.417. The van der Waals surface area contributed by atoms with Crippen LogP contribution < -0.4 is 15.7 Å². The Kier molecular flexibility index (Phi) is 5.21. The number of hydrogen-bond acceptors (Lipinski definition) is 7. The zero-order valence-electron chi connectivity index (χ0n) is 15.6. The third kappa shape index (κ3) is 3.62. The number of aromatic amines is 1. The van der Waals surface area contributed by atoms with Crippen molar-refractivity contribution >= 4 is 16.9 Å². The lowest BCUT2D eigenvalue weighted by atomic mass is 9.92. The molecule has 3 aromatic rings. The molecule has 1 aromatic carbocycles. The highest BCUT2D eigenvalue weighted by molar-refractivity contribution is 5.81. The van der Waals surface area contributed by atoms with Crippen LogP contribution in [0.25, 0.3) is 10.9 Å². The predicted octanol–water partition coefficient (Wildman–Crippen LogP) is 2.20. The first kappa shape index (κ1) is 19.2. The normalized spacial score (nSPS) is 12.0. The number of esters is 1. The third-order valence-corrected chi connectivity index (χ3v) is 4.44. The fourth-order valence-corrected chi connectivity index (χ4v) is 3.04. The second-order valence-electron chi connectivity index (χ2n) is 6.27. The van der Waals surface area contributed by atoms with Gasteiger partial charge in [-0.15, -0.1) is 0 Å². The van der Waals surface area contributed by atoms with Crippen molar-refractivity contribution in [1.29, 1.82) is 0 Å². The third-order valence-electron chi connectivity index (χ3n) is 4.44. The molecule has 0 bridgehead atoms. The summed E-state index contributed by atoms with van der Waals surface area (Å²) < 4.78 is 15.4. The zero-order chi connectivity index (χ0) is 20.4. The molecule has 28 heavy (non-hydrogen) atoms. The van der Waals surface area contributed by atoms with Crippen LogP contribution in [-0.2, 0) is 9.53 Å². The molecule has 2 aromatic heterocycles. The van der Waals surface area contributed by atoms with E-state index in [1.807, 2.05) is 0 Å². The van der Waals surface area contributed by atoms with E-state index in [0.29, 0.717) is 16.7 Å². The highest BCUT2D eigenvalue weighted by Gasteiger charge is 2.28. The Balaban J connectivity index is 2.26. The molecule has 2 N–H and O–H groups in total. The van der Waals surface area contributed by atoms with Crippen LogP contribution in [0, 0.1) is 6.92 Å². The number of rotatable bonds is 5. The quantitative estimate of drug-likeness (QED) is 0.646. The highest BCUT2D eigenvalue weighted by atomic mass is 16.5. The van der Waals surface area contributed by atoms with Crippen LogP contribution in [-0.4, -0.2) is 30.3 Å². The fourth-order valence-electron chi connectivity index (χ4n) is 3.04. The molecule has 0 aliphatic rings. The molecule has 3 rings (SSSR count). The van der Waals surface area contributed by atoms with Crippen molar-refractivity contribution in [1.82, 2.24) is 4.98 Å². The fraction of sp³-hybridized carbons (Fsp3) is 0.250. The van der Waals surface area contributed by atoms with E-state index in [-0.39, 0.29) is 23.5 Å². The standard InChI is InChI=1S/C20H19NO7/c1-10-6-16(22)18(24)19(28-10)13(9-17(23)27-3)14-8-11-7-12(26-2)4-5-15(11)21-20(14)25/h4-8,13,24H,9H2,1-3H3,(H,21,25)/t13-/m1/s1. The number of ether oxygens (including phenoxy) is 2. The molecule has 2 heterocycles. The van der Waals surface area contributed by atoms with Crippen molar-refractivity contribution in [2.24, 2.45) is 0 Å². The van der Waals surface area contributed by atoms with Gasteiger partial charge in [0.05, 0.1) is 26.6 Å². The number of carbonyl (C=O) groups is 1. The van der Waals surface area contributed by atoms with Crippen molar-refractivity contribution in [2.75, 3.05) is 14.2 Å². The van der Waals surface area contributed by atoms with Gasteiger partial charge in [0.1, 0.15) is 11.5 Å². The number of pyridine rings is 1. The minimum Gasteiger partial charge on any atom is -0.502 e. The van der Waals surface area contributed by atoms with E-state index < -0.39 is 28.6 Å². The molecule has 0 fully saturated rings. The molecule has 8 nitrogen and oxygen atoms in total. The smallest absolute Gasteiger partial charge is 0.306 e. The van der Waals surface area contributed by atoms with Crippen molar-refractivity contribution in [3.8, 4) is 11.5 Å². The lowest BCUT2D eigenvalue weighted by Crippen LogP contribution is -2.21. The van der Waals surface area contributed by atoms with Gasteiger partial charge in [0, 0.05) is 22.5 Å². The summed E-state index contributed by atoms with van der Waals surface area (Å²) >= 11 is 0. The summed E-state index contributed by atoms with van der Waals surface area (Å²) in [5.74, 6) is -1.63. The summed E-state index contributed by atoms with van der Waals surface area (Å²) in [6.07, 6.45) is -0.297. The van der Waals surface area contributed by atoms with E-state index in [1.54, 1.807) is 24.3 Å². The second kappa shape index (κ2) is 7.59. The number of aryl methyl sites for hydroxylation is 1. The minimum absolute atomic E-state index is 0.148. The number of aromatic hydroxyl groups is 1. The van der Waals surface area contributed by atoms with Crippen molar-refractivity contribution in [3.63, 3.8) is 0 Å². The first-order chi connectivity index (χ1) is 13.3. The Morgan fingerprint density at radius 1 is 1.21 bits per heavy atom. The van der Waals surface area contributed by atoms with Crippen LogP contribution >= 0.6 is 0 Å². The maximum Gasteiger partial charge on any atom is 0.306 e. The van der Waals surface area contributed by atoms with E-state index >= 15 is 0 Å². The first-order valence-electron chi connectivity index (χ1n) is 8.45. The average molecular weight is 385 g/mol. The number of fused-ring (bicyclic) bond motifs is 1. The van der Waals surface area contributed by atoms with Crippen LogP contribution in [0.15, 0.2) is 44.3 Å². The maximum atomic E-state index is 12.7. The topological polar surface area (TPSA) is 119 Å². The first-order valence-corrected chi connectivity index (χ1v) is 8.45. The summed E-state index contributed by atoms with van der Waals surface area (Å²) in [6, 6.07) is 7.82. The molecule has 146 valence electrons. The Labute approximate surface area is 159 Å². The average Bonchev–Trinajstić information content (AvgIpc) is 2.68. The summed E-state index contributed by atoms with van der Waals surface area (Å²) in [4.78, 5) is 39.4.